The van der Waals surface area contributed by atoms with Gasteiger partial charge in [-0.05, 0) is 25.7 Å². The standard InChI is InChI=1S/C11H21N2.C6H15O4P/c1-3-4-5-6-7-8-13-10-9-12(2)11-13;1-3-5-9-11(7,8)10-6-4-2/h9-11H,3-8H2,1-2H3;3-6H2,1-2H3,(H,7,8)/q+1;/p-1. The van der Waals surface area contributed by atoms with E-state index in [-0.39, 0.29) is 13.2 Å². The summed E-state index contributed by atoms with van der Waals surface area (Å²) in [5.74, 6) is 0. The summed E-state index contributed by atoms with van der Waals surface area (Å²) >= 11 is 0. The summed E-state index contributed by atoms with van der Waals surface area (Å²) in [5.41, 5.74) is 0. The van der Waals surface area contributed by atoms with E-state index in [4.69, 9.17) is 0 Å². The molecule has 7 heteroatoms. The number of nitrogens with zero attached hydrogens (tertiary/aromatic N) is 2. The molecule has 1 aromatic heterocycles. The molecule has 0 atom stereocenters. The third-order valence-corrected chi connectivity index (χ3v) is 4.25. The van der Waals surface area contributed by atoms with Crippen LogP contribution < -0.4 is 9.46 Å². The lowest BCUT2D eigenvalue weighted by Crippen LogP contribution is -2.30. The van der Waals surface area contributed by atoms with Gasteiger partial charge in [0.2, 0.25) is 6.33 Å². The van der Waals surface area contributed by atoms with E-state index in [0.29, 0.717) is 12.8 Å². The predicted octanol–water partition coefficient (Wildman–Crippen LogP) is 3.59. The van der Waals surface area contributed by atoms with Gasteiger partial charge in [0.1, 0.15) is 12.4 Å². The Kier molecular flexibility index (Phi) is 14.2. The first-order chi connectivity index (χ1) is 11.4. The molecule has 0 amide bonds. The quantitative estimate of drug-likeness (QED) is 0.324. The van der Waals surface area contributed by atoms with Crippen molar-refractivity contribution in [3.05, 3.63) is 18.7 Å². The topological polar surface area (TPSA) is 67.4 Å². The molecule has 1 heterocycles. The molecule has 0 radical (unpaired) electrons. The van der Waals surface area contributed by atoms with Gasteiger partial charge in [-0.3, -0.25) is 4.57 Å². The minimum absolute atomic E-state index is 0.199. The first-order valence-corrected chi connectivity index (χ1v) is 10.5. The molecule has 6 nitrogen and oxygen atoms in total. The van der Waals surface area contributed by atoms with Gasteiger partial charge in [0.25, 0.3) is 7.82 Å². The van der Waals surface area contributed by atoms with Crippen molar-refractivity contribution in [3.8, 4) is 0 Å². The second-order valence-corrected chi connectivity index (χ2v) is 7.26. The molecule has 0 bridgehead atoms. The average Bonchev–Trinajstić information content (AvgIpc) is 2.97. The first kappa shape index (κ1) is 23.3. The predicted molar refractivity (Wildman–Crippen MR) is 94.5 cm³/mol. The summed E-state index contributed by atoms with van der Waals surface area (Å²) in [5, 5.41) is 0. The zero-order valence-electron chi connectivity index (χ0n) is 15.8. The number of phosphoric ester groups is 1. The summed E-state index contributed by atoms with van der Waals surface area (Å²) in [4.78, 5) is 10.7. The maximum Gasteiger partial charge on any atom is 0.267 e. The highest BCUT2D eigenvalue weighted by Crippen LogP contribution is 2.38. The van der Waals surface area contributed by atoms with Crippen molar-refractivity contribution < 1.29 is 23.1 Å². The number of imidazole rings is 1. The molecule has 0 aliphatic heterocycles. The van der Waals surface area contributed by atoms with Crippen LogP contribution in [0.1, 0.15) is 65.7 Å². The van der Waals surface area contributed by atoms with Gasteiger partial charge in [-0.2, -0.15) is 0 Å². The lowest BCUT2D eigenvalue weighted by molar-refractivity contribution is -0.696. The summed E-state index contributed by atoms with van der Waals surface area (Å²) in [6.45, 7) is 7.49. The second kappa shape index (κ2) is 14.6. The Morgan fingerprint density at radius 2 is 1.58 bits per heavy atom. The average molecular weight is 362 g/mol. The molecular weight excluding hydrogens is 327 g/mol. The molecule has 1 rings (SSSR count). The molecule has 0 saturated heterocycles. The van der Waals surface area contributed by atoms with Crippen LogP contribution in [0.25, 0.3) is 0 Å². The van der Waals surface area contributed by atoms with E-state index in [9.17, 15) is 9.46 Å². The van der Waals surface area contributed by atoms with Gasteiger partial charge in [-0.25, -0.2) is 9.13 Å². The Labute approximate surface area is 147 Å². The second-order valence-electron chi connectivity index (χ2n) is 5.84. The molecule has 0 saturated carbocycles. The summed E-state index contributed by atoms with van der Waals surface area (Å²) in [6, 6.07) is 0. The third-order valence-electron chi connectivity index (χ3n) is 3.25. The molecule has 142 valence electrons. The van der Waals surface area contributed by atoms with E-state index in [2.05, 4.69) is 50.9 Å². The van der Waals surface area contributed by atoms with Crippen LogP contribution in [0.15, 0.2) is 18.7 Å². The Hall–Kier alpha value is -0.680. The first-order valence-electron chi connectivity index (χ1n) is 9.06. The molecule has 0 aliphatic carbocycles. The Morgan fingerprint density at radius 1 is 1.00 bits per heavy atom. The van der Waals surface area contributed by atoms with Crippen molar-refractivity contribution in [1.82, 2.24) is 4.57 Å². The molecule has 0 aromatic carbocycles. The molecule has 0 unspecified atom stereocenters. The molecule has 0 aliphatic rings. The monoisotopic (exact) mass is 362 g/mol. The Bertz CT molecular complexity index is 440. The minimum Gasteiger partial charge on any atom is -0.756 e. The highest BCUT2D eigenvalue weighted by molar-refractivity contribution is 7.45. The summed E-state index contributed by atoms with van der Waals surface area (Å²) in [7, 11) is -1.91. The summed E-state index contributed by atoms with van der Waals surface area (Å²) in [6.07, 6.45) is 14.5. The minimum atomic E-state index is -3.98. The maximum absolute atomic E-state index is 10.7. The van der Waals surface area contributed by atoms with Crippen LogP contribution in [0, 0.1) is 0 Å². The van der Waals surface area contributed by atoms with Crippen LogP contribution >= 0.6 is 7.82 Å². The molecule has 1 aromatic rings. The van der Waals surface area contributed by atoms with Gasteiger partial charge >= 0.3 is 0 Å². The lowest BCUT2D eigenvalue weighted by atomic mass is 10.1. The smallest absolute Gasteiger partial charge is 0.267 e. The highest BCUT2D eigenvalue weighted by atomic mass is 31.2. The van der Waals surface area contributed by atoms with Crippen molar-refractivity contribution in [1.29, 1.82) is 0 Å². The van der Waals surface area contributed by atoms with Crippen molar-refractivity contribution in [2.75, 3.05) is 13.2 Å². The number of hydrogen-bond acceptors (Lipinski definition) is 4. The molecule has 24 heavy (non-hydrogen) atoms. The molecule has 0 fully saturated rings. The number of unbranched alkanes of at least 4 members (excludes halogenated alkanes) is 4. The maximum atomic E-state index is 10.7. The number of aryl methyl sites for hydroxylation is 2. The van der Waals surface area contributed by atoms with Gasteiger partial charge in [-0.1, -0.05) is 40.0 Å². The van der Waals surface area contributed by atoms with E-state index in [0.717, 1.165) is 0 Å². The van der Waals surface area contributed by atoms with E-state index in [1.807, 2.05) is 13.8 Å². The van der Waals surface area contributed by atoms with Gasteiger partial charge in [0, 0.05) is 0 Å². The fourth-order valence-electron chi connectivity index (χ4n) is 1.98. The summed E-state index contributed by atoms with van der Waals surface area (Å²) < 4.78 is 24.0. The van der Waals surface area contributed by atoms with Crippen LogP contribution in [-0.2, 0) is 27.2 Å². The van der Waals surface area contributed by atoms with Gasteiger partial charge < -0.3 is 13.9 Å². The lowest BCUT2D eigenvalue weighted by Gasteiger charge is -2.21. The van der Waals surface area contributed by atoms with Crippen molar-refractivity contribution in [2.45, 2.75) is 72.3 Å². The van der Waals surface area contributed by atoms with Gasteiger partial charge in [0.15, 0.2) is 0 Å². The van der Waals surface area contributed by atoms with E-state index in [1.54, 1.807) is 0 Å². The van der Waals surface area contributed by atoms with Gasteiger partial charge in [0.05, 0.1) is 26.8 Å². The highest BCUT2D eigenvalue weighted by Gasteiger charge is 2.06. The van der Waals surface area contributed by atoms with Crippen LogP contribution in [0.5, 0.6) is 0 Å². The van der Waals surface area contributed by atoms with E-state index < -0.39 is 7.82 Å². The number of phosphoric acid groups is 1. The van der Waals surface area contributed by atoms with E-state index in [1.165, 1.54) is 38.6 Å². The van der Waals surface area contributed by atoms with Crippen molar-refractivity contribution >= 4 is 7.82 Å². The van der Waals surface area contributed by atoms with Crippen molar-refractivity contribution in [2.24, 2.45) is 7.05 Å². The number of aromatic nitrogens is 2. The van der Waals surface area contributed by atoms with Gasteiger partial charge in [-0.15, -0.1) is 0 Å². The Morgan fingerprint density at radius 3 is 2.04 bits per heavy atom. The fraction of sp³-hybridized carbons (Fsp3) is 0.824. The molecule has 0 N–H and O–H groups in total. The van der Waals surface area contributed by atoms with Crippen LogP contribution in [0.2, 0.25) is 0 Å². The number of hydrogen-bond donors (Lipinski definition) is 0. The zero-order valence-corrected chi connectivity index (χ0v) is 16.7. The number of rotatable bonds is 12. The van der Waals surface area contributed by atoms with Crippen molar-refractivity contribution in [3.63, 3.8) is 0 Å². The normalized spacial score (nSPS) is 11.2. The van der Waals surface area contributed by atoms with E-state index >= 15 is 0 Å². The molecule has 0 spiro atoms. The fourth-order valence-corrected chi connectivity index (χ4v) is 2.86. The SMILES string of the molecule is CCCCCCC[n+]1ccn(C)c1.CCCOP(=O)([O-])OCCC. The van der Waals surface area contributed by atoms with Crippen LogP contribution in [0.3, 0.4) is 0 Å². The largest absolute Gasteiger partial charge is 0.756 e. The zero-order chi connectivity index (χ0) is 18.3. The van der Waals surface area contributed by atoms with Crippen LogP contribution in [-0.4, -0.2) is 17.8 Å². The third kappa shape index (κ3) is 13.7. The molecular formula is C17H35N2O4P. The Balaban J connectivity index is 0.000000449. The van der Waals surface area contributed by atoms with Crippen LogP contribution in [0.4, 0.5) is 0 Å².